The van der Waals surface area contributed by atoms with Crippen LogP contribution >= 0.6 is 0 Å². The van der Waals surface area contributed by atoms with Gasteiger partial charge in [-0.1, -0.05) is 36.8 Å². The van der Waals surface area contributed by atoms with Gasteiger partial charge in [-0.25, -0.2) is 4.98 Å². The lowest BCUT2D eigenvalue weighted by Gasteiger charge is -2.11. The van der Waals surface area contributed by atoms with Crippen LogP contribution in [0.15, 0.2) is 53.6 Å². The van der Waals surface area contributed by atoms with E-state index in [1.807, 2.05) is 50.2 Å². The van der Waals surface area contributed by atoms with Crippen molar-refractivity contribution in [2.45, 2.75) is 26.8 Å². The molecule has 0 atom stereocenters. The molecule has 24 heavy (non-hydrogen) atoms. The summed E-state index contributed by atoms with van der Waals surface area (Å²) in [6, 6.07) is 13.2. The van der Waals surface area contributed by atoms with Crippen molar-refractivity contribution in [3.8, 4) is 0 Å². The number of nitrogens with one attached hydrogen (secondary N) is 1. The first-order chi connectivity index (χ1) is 11.6. The van der Waals surface area contributed by atoms with Gasteiger partial charge >= 0.3 is 0 Å². The zero-order chi connectivity index (χ0) is 17.1. The summed E-state index contributed by atoms with van der Waals surface area (Å²) in [4.78, 5) is 29.1. The molecular weight excluding hydrogens is 302 g/mol. The number of nitrogens with zero attached hydrogens (tertiary/aromatic N) is 2. The molecule has 122 valence electrons. The molecule has 0 bridgehead atoms. The second kappa shape index (κ2) is 6.66. The van der Waals surface area contributed by atoms with E-state index >= 15 is 0 Å². The molecule has 1 aromatic heterocycles. The fourth-order valence-electron chi connectivity index (χ4n) is 2.68. The van der Waals surface area contributed by atoms with Crippen LogP contribution < -0.4 is 10.9 Å². The highest BCUT2D eigenvalue weighted by Crippen LogP contribution is 2.15. The number of benzene rings is 2. The molecule has 0 radical (unpaired) electrons. The van der Waals surface area contributed by atoms with Crippen LogP contribution in [0.4, 0.5) is 5.69 Å². The van der Waals surface area contributed by atoms with E-state index in [1.165, 1.54) is 10.9 Å². The molecular formula is C19H19N3O2. The highest BCUT2D eigenvalue weighted by Gasteiger charge is 2.10. The van der Waals surface area contributed by atoms with Gasteiger partial charge in [-0.15, -0.1) is 0 Å². The number of amides is 1. The number of carbonyl (C=O) groups is 1. The van der Waals surface area contributed by atoms with E-state index in [0.717, 1.165) is 23.2 Å². The Hall–Kier alpha value is -2.95. The average molecular weight is 321 g/mol. The molecule has 1 N–H and O–H groups in total. The maximum Gasteiger partial charge on any atom is 0.261 e. The van der Waals surface area contributed by atoms with E-state index in [2.05, 4.69) is 10.3 Å². The van der Waals surface area contributed by atoms with Crippen LogP contribution in [0.2, 0.25) is 0 Å². The number of aromatic nitrogens is 2. The molecule has 0 unspecified atom stereocenters. The van der Waals surface area contributed by atoms with Crippen LogP contribution in [0, 0.1) is 6.92 Å². The van der Waals surface area contributed by atoms with Gasteiger partial charge in [0.15, 0.2) is 0 Å². The van der Waals surface area contributed by atoms with Crippen molar-refractivity contribution in [3.63, 3.8) is 0 Å². The lowest BCUT2D eigenvalue weighted by Crippen LogP contribution is -2.28. The number of fused-ring (bicyclic) bond motifs is 1. The predicted octanol–water partition coefficient (Wildman–Crippen LogP) is 2.91. The highest BCUT2D eigenvalue weighted by atomic mass is 16.2. The molecule has 5 nitrogen and oxygen atoms in total. The van der Waals surface area contributed by atoms with Crippen LogP contribution in [0.1, 0.15) is 18.1 Å². The standard InChI is InChI=1S/C19H19N3O2/c1-3-14-6-4-5-7-16(14)21-18(23)11-22-12-20-17-9-8-13(2)10-15(17)19(22)24/h4-10,12H,3,11H2,1-2H3,(H,21,23). The lowest BCUT2D eigenvalue weighted by molar-refractivity contribution is -0.116. The minimum atomic E-state index is -0.244. The Labute approximate surface area is 140 Å². The molecule has 0 aliphatic carbocycles. The lowest BCUT2D eigenvalue weighted by atomic mass is 10.1. The van der Waals surface area contributed by atoms with Crippen molar-refractivity contribution >= 4 is 22.5 Å². The number of anilines is 1. The van der Waals surface area contributed by atoms with Gasteiger partial charge in [0.25, 0.3) is 5.56 Å². The third-order valence-electron chi connectivity index (χ3n) is 3.97. The molecule has 0 spiro atoms. The summed E-state index contributed by atoms with van der Waals surface area (Å²) in [7, 11) is 0. The largest absolute Gasteiger partial charge is 0.324 e. The van der Waals surface area contributed by atoms with Crippen LogP contribution in [-0.2, 0) is 17.8 Å². The van der Waals surface area contributed by atoms with E-state index in [1.54, 1.807) is 6.07 Å². The Morgan fingerprint density at radius 3 is 2.79 bits per heavy atom. The normalized spacial score (nSPS) is 10.8. The number of rotatable bonds is 4. The van der Waals surface area contributed by atoms with Crippen molar-refractivity contribution in [2.24, 2.45) is 0 Å². The number of carbonyl (C=O) groups excluding carboxylic acids is 1. The van der Waals surface area contributed by atoms with Crippen LogP contribution in [0.3, 0.4) is 0 Å². The van der Waals surface area contributed by atoms with Crippen molar-refractivity contribution in [1.29, 1.82) is 0 Å². The first-order valence-corrected chi connectivity index (χ1v) is 7.92. The van der Waals surface area contributed by atoms with Gasteiger partial charge in [0.2, 0.25) is 5.91 Å². The molecule has 1 amide bonds. The van der Waals surface area contributed by atoms with E-state index in [9.17, 15) is 9.59 Å². The van der Waals surface area contributed by atoms with Crippen molar-refractivity contribution < 1.29 is 4.79 Å². The molecule has 5 heteroatoms. The second-order valence-electron chi connectivity index (χ2n) is 5.76. The molecule has 0 saturated heterocycles. The topological polar surface area (TPSA) is 64.0 Å². The van der Waals surface area contributed by atoms with Gasteiger partial charge in [0.05, 0.1) is 17.2 Å². The summed E-state index contributed by atoms with van der Waals surface area (Å²) < 4.78 is 1.34. The first-order valence-electron chi connectivity index (χ1n) is 7.92. The third-order valence-corrected chi connectivity index (χ3v) is 3.97. The fourth-order valence-corrected chi connectivity index (χ4v) is 2.68. The predicted molar refractivity (Wildman–Crippen MR) is 95.2 cm³/mol. The van der Waals surface area contributed by atoms with Crippen LogP contribution in [-0.4, -0.2) is 15.5 Å². The summed E-state index contributed by atoms with van der Waals surface area (Å²) in [5.74, 6) is -0.244. The minimum absolute atomic E-state index is 0.0617. The molecule has 3 aromatic rings. The summed E-state index contributed by atoms with van der Waals surface area (Å²) in [6.45, 7) is 3.89. The zero-order valence-electron chi connectivity index (χ0n) is 13.7. The van der Waals surface area contributed by atoms with Gasteiger partial charge in [-0.2, -0.15) is 0 Å². The smallest absolute Gasteiger partial charge is 0.261 e. The van der Waals surface area contributed by atoms with Crippen molar-refractivity contribution in [1.82, 2.24) is 9.55 Å². The Morgan fingerprint density at radius 1 is 1.21 bits per heavy atom. The molecule has 0 fully saturated rings. The number of para-hydroxylation sites is 1. The quantitative estimate of drug-likeness (QED) is 0.803. The maximum atomic E-state index is 12.5. The summed E-state index contributed by atoms with van der Waals surface area (Å²) >= 11 is 0. The van der Waals surface area contributed by atoms with Crippen LogP contribution in [0.25, 0.3) is 10.9 Å². The maximum absolute atomic E-state index is 12.5. The van der Waals surface area contributed by atoms with Gasteiger partial charge in [-0.05, 0) is 37.1 Å². The van der Waals surface area contributed by atoms with E-state index < -0.39 is 0 Å². The molecule has 0 aliphatic heterocycles. The minimum Gasteiger partial charge on any atom is -0.324 e. The Bertz CT molecular complexity index is 960. The average Bonchev–Trinajstić information content (AvgIpc) is 2.58. The Balaban J connectivity index is 1.85. The molecule has 2 aromatic carbocycles. The fraction of sp³-hybridized carbons (Fsp3) is 0.211. The summed E-state index contributed by atoms with van der Waals surface area (Å²) in [6.07, 6.45) is 2.25. The second-order valence-corrected chi connectivity index (χ2v) is 5.76. The summed E-state index contributed by atoms with van der Waals surface area (Å²) in [5.41, 5.74) is 3.26. The molecule has 0 saturated carbocycles. The van der Waals surface area contributed by atoms with Crippen molar-refractivity contribution in [2.75, 3.05) is 5.32 Å². The van der Waals surface area contributed by atoms with Gasteiger partial charge < -0.3 is 5.32 Å². The van der Waals surface area contributed by atoms with E-state index in [-0.39, 0.29) is 18.0 Å². The van der Waals surface area contributed by atoms with E-state index in [4.69, 9.17) is 0 Å². The summed E-state index contributed by atoms with van der Waals surface area (Å²) in [5, 5.41) is 3.40. The zero-order valence-corrected chi connectivity index (χ0v) is 13.7. The van der Waals surface area contributed by atoms with Gasteiger partial charge in [-0.3, -0.25) is 14.2 Å². The van der Waals surface area contributed by atoms with Crippen molar-refractivity contribution in [3.05, 3.63) is 70.3 Å². The van der Waals surface area contributed by atoms with Gasteiger partial charge in [0, 0.05) is 5.69 Å². The highest BCUT2D eigenvalue weighted by molar-refractivity contribution is 5.91. The SMILES string of the molecule is CCc1ccccc1NC(=O)Cn1cnc2ccc(C)cc2c1=O. The molecule has 3 rings (SSSR count). The first kappa shape index (κ1) is 15.9. The van der Waals surface area contributed by atoms with Gasteiger partial charge in [0.1, 0.15) is 6.54 Å². The van der Waals surface area contributed by atoms with Crippen LogP contribution in [0.5, 0.6) is 0 Å². The van der Waals surface area contributed by atoms with E-state index in [0.29, 0.717) is 10.9 Å². The molecule has 0 aliphatic rings. The number of aryl methyl sites for hydroxylation is 2. The number of hydrogen-bond acceptors (Lipinski definition) is 3. The Kier molecular flexibility index (Phi) is 4.42. The Morgan fingerprint density at radius 2 is 2.00 bits per heavy atom. The monoisotopic (exact) mass is 321 g/mol. The third kappa shape index (κ3) is 3.20. The molecule has 1 heterocycles. The number of hydrogen-bond donors (Lipinski definition) is 1.